The molecule has 0 saturated carbocycles. The van der Waals surface area contributed by atoms with Crippen molar-refractivity contribution in [3.63, 3.8) is 0 Å². The normalized spacial score (nSPS) is 17.1. The zero-order chi connectivity index (χ0) is 18.6. The van der Waals surface area contributed by atoms with Gasteiger partial charge in [0.2, 0.25) is 0 Å². The summed E-state index contributed by atoms with van der Waals surface area (Å²) in [5.74, 6) is 0.759. The summed E-state index contributed by atoms with van der Waals surface area (Å²) in [7, 11) is 0. The van der Waals surface area contributed by atoms with E-state index in [-0.39, 0.29) is 6.04 Å². The Morgan fingerprint density at radius 3 is 2.42 bits per heavy atom. The molecule has 1 saturated heterocycles. The number of aryl methyl sites for hydroxylation is 1. The Morgan fingerprint density at radius 1 is 1.12 bits per heavy atom. The number of alkyl halides is 3. The molecule has 0 radical (unpaired) electrons. The molecule has 0 aliphatic carbocycles. The minimum Gasteiger partial charge on any atom is -0.379 e. The van der Waals surface area contributed by atoms with E-state index in [1.807, 2.05) is 25.1 Å². The summed E-state index contributed by atoms with van der Waals surface area (Å²) >= 11 is 0. The van der Waals surface area contributed by atoms with Gasteiger partial charge in [0.05, 0.1) is 24.8 Å². The number of ether oxygens (including phenoxy) is 1. The van der Waals surface area contributed by atoms with Gasteiger partial charge < -0.3 is 10.1 Å². The first-order chi connectivity index (χ1) is 12.4. The van der Waals surface area contributed by atoms with Gasteiger partial charge in [-0.2, -0.15) is 13.2 Å². The van der Waals surface area contributed by atoms with Gasteiger partial charge in [0.15, 0.2) is 0 Å². The molecule has 1 fully saturated rings. The maximum absolute atomic E-state index is 12.8. The van der Waals surface area contributed by atoms with Crippen LogP contribution in [-0.2, 0) is 10.9 Å². The van der Waals surface area contributed by atoms with E-state index in [2.05, 4.69) is 15.2 Å². The van der Waals surface area contributed by atoms with Crippen LogP contribution in [0.4, 0.5) is 19.0 Å². The molecule has 3 rings (SSSR count). The predicted octanol–water partition coefficient (Wildman–Crippen LogP) is 3.89. The Morgan fingerprint density at radius 2 is 1.81 bits per heavy atom. The fraction of sp³-hybridized carbons (Fsp3) is 0.421. The van der Waals surface area contributed by atoms with Crippen molar-refractivity contribution in [1.29, 1.82) is 0 Å². The number of anilines is 1. The van der Waals surface area contributed by atoms with Crippen LogP contribution in [0.15, 0.2) is 42.5 Å². The van der Waals surface area contributed by atoms with Gasteiger partial charge in [-0.05, 0) is 36.8 Å². The lowest BCUT2D eigenvalue weighted by Gasteiger charge is -2.35. The number of benzene rings is 1. The van der Waals surface area contributed by atoms with E-state index in [9.17, 15) is 13.2 Å². The van der Waals surface area contributed by atoms with Crippen LogP contribution in [0.3, 0.4) is 0 Å². The Bertz CT molecular complexity index is 713. The molecule has 1 aromatic heterocycles. The SMILES string of the molecule is Cc1cccc(NCC(c2ccc(C(F)(F)F)cc2)N2CCOCC2)n1. The van der Waals surface area contributed by atoms with Gasteiger partial charge in [0.25, 0.3) is 0 Å². The maximum atomic E-state index is 12.8. The number of aromatic nitrogens is 1. The third-order valence-electron chi connectivity index (χ3n) is 4.47. The summed E-state index contributed by atoms with van der Waals surface area (Å²) in [5.41, 5.74) is 1.13. The van der Waals surface area contributed by atoms with Crippen LogP contribution in [0.1, 0.15) is 22.9 Å². The molecule has 0 spiro atoms. The Kier molecular flexibility index (Phi) is 5.78. The molecule has 1 aromatic carbocycles. The second kappa shape index (κ2) is 8.05. The van der Waals surface area contributed by atoms with Gasteiger partial charge in [-0.15, -0.1) is 0 Å². The number of hydrogen-bond acceptors (Lipinski definition) is 4. The molecule has 2 aromatic rings. The largest absolute Gasteiger partial charge is 0.416 e. The number of halogens is 3. The maximum Gasteiger partial charge on any atom is 0.416 e. The first-order valence-corrected chi connectivity index (χ1v) is 8.60. The van der Waals surface area contributed by atoms with Crippen molar-refractivity contribution < 1.29 is 17.9 Å². The molecule has 0 bridgehead atoms. The highest BCUT2D eigenvalue weighted by Crippen LogP contribution is 2.31. The van der Waals surface area contributed by atoms with Crippen molar-refractivity contribution in [2.24, 2.45) is 0 Å². The highest BCUT2D eigenvalue weighted by atomic mass is 19.4. The van der Waals surface area contributed by atoms with E-state index >= 15 is 0 Å². The molecule has 1 aliphatic heterocycles. The van der Waals surface area contributed by atoms with Gasteiger partial charge >= 0.3 is 6.18 Å². The lowest BCUT2D eigenvalue weighted by Crippen LogP contribution is -2.41. The molecule has 4 nitrogen and oxygen atoms in total. The molecule has 1 atom stereocenters. The van der Waals surface area contributed by atoms with Gasteiger partial charge in [-0.25, -0.2) is 4.98 Å². The van der Waals surface area contributed by atoms with Crippen LogP contribution in [-0.4, -0.2) is 42.7 Å². The van der Waals surface area contributed by atoms with Gasteiger partial charge in [-0.3, -0.25) is 4.90 Å². The average molecular weight is 365 g/mol. The van der Waals surface area contributed by atoms with Crippen LogP contribution in [0.25, 0.3) is 0 Å². The van der Waals surface area contributed by atoms with Crippen molar-refractivity contribution in [3.05, 3.63) is 59.3 Å². The van der Waals surface area contributed by atoms with Gasteiger partial charge in [0.1, 0.15) is 5.82 Å². The Balaban J connectivity index is 1.78. The fourth-order valence-electron chi connectivity index (χ4n) is 3.08. The minimum absolute atomic E-state index is 0.0523. The van der Waals surface area contributed by atoms with Crippen LogP contribution in [0.2, 0.25) is 0 Å². The van der Waals surface area contributed by atoms with E-state index in [1.165, 1.54) is 0 Å². The van der Waals surface area contributed by atoms with Crippen molar-refractivity contribution >= 4 is 5.82 Å². The quantitative estimate of drug-likeness (QED) is 0.872. The second-order valence-corrected chi connectivity index (χ2v) is 6.33. The van der Waals surface area contributed by atoms with Crippen LogP contribution in [0.5, 0.6) is 0 Å². The number of nitrogens with one attached hydrogen (secondary N) is 1. The van der Waals surface area contributed by atoms with E-state index < -0.39 is 11.7 Å². The molecule has 1 aliphatic rings. The molecule has 26 heavy (non-hydrogen) atoms. The standard InChI is InChI=1S/C19H22F3N3O/c1-14-3-2-4-18(24-14)23-13-17(25-9-11-26-12-10-25)15-5-7-16(8-6-15)19(20,21)22/h2-8,17H,9-13H2,1H3,(H,23,24). The van der Waals surface area contributed by atoms with Gasteiger partial charge in [0, 0.05) is 25.3 Å². The molecular weight excluding hydrogens is 343 g/mol. The summed E-state index contributed by atoms with van der Waals surface area (Å²) < 4.78 is 43.9. The zero-order valence-electron chi connectivity index (χ0n) is 14.6. The average Bonchev–Trinajstić information content (AvgIpc) is 2.63. The molecule has 7 heteroatoms. The van der Waals surface area contributed by atoms with Crippen molar-refractivity contribution in [3.8, 4) is 0 Å². The highest BCUT2D eigenvalue weighted by Gasteiger charge is 2.31. The van der Waals surface area contributed by atoms with E-state index in [4.69, 9.17) is 4.74 Å². The lowest BCUT2D eigenvalue weighted by molar-refractivity contribution is -0.137. The third kappa shape index (κ3) is 4.74. The highest BCUT2D eigenvalue weighted by molar-refractivity contribution is 5.36. The number of hydrogen-bond donors (Lipinski definition) is 1. The first-order valence-electron chi connectivity index (χ1n) is 8.60. The van der Waals surface area contributed by atoms with Crippen LogP contribution >= 0.6 is 0 Å². The van der Waals surface area contributed by atoms with Gasteiger partial charge in [-0.1, -0.05) is 18.2 Å². The topological polar surface area (TPSA) is 37.4 Å². The van der Waals surface area contributed by atoms with Crippen LogP contribution in [0, 0.1) is 6.92 Å². The third-order valence-corrected chi connectivity index (χ3v) is 4.47. The van der Waals surface area contributed by atoms with Crippen molar-refractivity contribution in [1.82, 2.24) is 9.88 Å². The fourth-order valence-corrected chi connectivity index (χ4v) is 3.08. The van der Waals surface area contributed by atoms with Crippen LogP contribution < -0.4 is 5.32 Å². The zero-order valence-corrected chi connectivity index (χ0v) is 14.6. The molecule has 1 N–H and O–H groups in total. The Labute approximate surface area is 151 Å². The van der Waals surface area contributed by atoms with Crippen molar-refractivity contribution in [2.45, 2.75) is 19.1 Å². The number of morpholine rings is 1. The Hall–Kier alpha value is -2.12. The molecule has 0 amide bonds. The number of pyridine rings is 1. The van der Waals surface area contributed by atoms with E-state index in [0.717, 1.165) is 42.3 Å². The predicted molar refractivity (Wildman–Crippen MR) is 94.0 cm³/mol. The van der Waals surface area contributed by atoms with Crippen molar-refractivity contribution in [2.75, 3.05) is 38.2 Å². The molecular formula is C19H22F3N3O. The van der Waals surface area contributed by atoms with E-state index in [0.29, 0.717) is 19.8 Å². The molecule has 1 unspecified atom stereocenters. The summed E-state index contributed by atoms with van der Waals surface area (Å²) in [6.07, 6.45) is -4.32. The molecule has 2 heterocycles. The summed E-state index contributed by atoms with van der Waals surface area (Å²) in [6.45, 7) is 5.21. The number of rotatable bonds is 5. The second-order valence-electron chi connectivity index (χ2n) is 6.33. The summed E-state index contributed by atoms with van der Waals surface area (Å²) in [4.78, 5) is 6.66. The smallest absolute Gasteiger partial charge is 0.379 e. The monoisotopic (exact) mass is 365 g/mol. The lowest BCUT2D eigenvalue weighted by atomic mass is 10.0. The first kappa shape index (κ1) is 18.7. The minimum atomic E-state index is -4.32. The summed E-state index contributed by atoms with van der Waals surface area (Å²) in [5, 5.41) is 3.31. The summed E-state index contributed by atoms with van der Waals surface area (Å²) in [6, 6.07) is 11.1. The number of nitrogens with zero attached hydrogens (tertiary/aromatic N) is 2. The molecule has 140 valence electrons. The van der Waals surface area contributed by atoms with E-state index in [1.54, 1.807) is 12.1 Å².